The van der Waals surface area contributed by atoms with Gasteiger partial charge in [0.1, 0.15) is 5.75 Å². The number of nitrogens with zero attached hydrogens (tertiary/aromatic N) is 2. The molecule has 5 nitrogen and oxygen atoms in total. The number of hydrogen-bond acceptors (Lipinski definition) is 4. The Morgan fingerprint density at radius 3 is 2.54 bits per heavy atom. The Kier molecular flexibility index (Phi) is 6.50. The van der Waals surface area contributed by atoms with Crippen LogP contribution in [0.5, 0.6) is 5.75 Å². The minimum absolute atomic E-state index is 0.222. The van der Waals surface area contributed by atoms with Gasteiger partial charge in [-0.25, -0.2) is 0 Å². The predicted octanol–water partition coefficient (Wildman–Crippen LogP) is 2.84. The SMILES string of the molecule is COc1cccc(NCCC(=O)N2CCN(Cc3ccccc3)CC2)c1. The smallest absolute Gasteiger partial charge is 0.224 e. The van der Waals surface area contributed by atoms with Crippen LogP contribution in [0.15, 0.2) is 54.6 Å². The van der Waals surface area contributed by atoms with Crippen molar-refractivity contribution in [2.75, 3.05) is 45.2 Å². The maximum atomic E-state index is 12.4. The van der Waals surface area contributed by atoms with Crippen LogP contribution in [-0.2, 0) is 11.3 Å². The molecule has 0 saturated carbocycles. The van der Waals surface area contributed by atoms with Crippen molar-refractivity contribution in [1.29, 1.82) is 0 Å². The second-order valence-corrected chi connectivity index (χ2v) is 6.55. The number of piperazine rings is 1. The number of rotatable bonds is 7. The van der Waals surface area contributed by atoms with Gasteiger partial charge in [-0.2, -0.15) is 0 Å². The second-order valence-electron chi connectivity index (χ2n) is 6.55. The number of amides is 1. The highest BCUT2D eigenvalue weighted by molar-refractivity contribution is 5.76. The molecule has 0 unspecified atom stereocenters. The number of methoxy groups -OCH3 is 1. The largest absolute Gasteiger partial charge is 0.497 e. The van der Waals surface area contributed by atoms with E-state index in [4.69, 9.17) is 4.74 Å². The maximum absolute atomic E-state index is 12.4. The molecule has 1 fully saturated rings. The van der Waals surface area contributed by atoms with E-state index in [1.165, 1.54) is 5.56 Å². The quantitative estimate of drug-likeness (QED) is 0.831. The Morgan fingerprint density at radius 1 is 1.04 bits per heavy atom. The van der Waals surface area contributed by atoms with E-state index in [1.54, 1.807) is 7.11 Å². The van der Waals surface area contributed by atoms with Gasteiger partial charge in [0.05, 0.1) is 7.11 Å². The van der Waals surface area contributed by atoms with Crippen LogP contribution in [0.1, 0.15) is 12.0 Å². The molecule has 3 rings (SSSR count). The van der Waals surface area contributed by atoms with E-state index in [-0.39, 0.29) is 5.91 Å². The fraction of sp³-hybridized carbons (Fsp3) is 0.381. The molecule has 138 valence electrons. The van der Waals surface area contributed by atoms with Crippen molar-refractivity contribution in [3.63, 3.8) is 0 Å². The molecule has 0 atom stereocenters. The number of ether oxygens (including phenoxy) is 1. The molecular formula is C21H27N3O2. The summed E-state index contributed by atoms with van der Waals surface area (Å²) >= 11 is 0. The van der Waals surface area contributed by atoms with Crippen LogP contribution in [0.2, 0.25) is 0 Å². The Labute approximate surface area is 155 Å². The lowest BCUT2D eigenvalue weighted by Gasteiger charge is -2.34. The molecule has 1 saturated heterocycles. The molecule has 2 aromatic carbocycles. The molecule has 0 spiro atoms. The highest BCUT2D eigenvalue weighted by Gasteiger charge is 2.20. The van der Waals surface area contributed by atoms with Gasteiger partial charge in [-0.05, 0) is 17.7 Å². The summed E-state index contributed by atoms with van der Waals surface area (Å²) in [6, 6.07) is 18.3. The zero-order valence-electron chi connectivity index (χ0n) is 15.4. The summed E-state index contributed by atoms with van der Waals surface area (Å²) in [5.74, 6) is 1.04. The van der Waals surface area contributed by atoms with E-state index in [1.807, 2.05) is 35.2 Å². The summed E-state index contributed by atoms with van der Waals surface area (Å²) in [4.78, 5) is 16.8. The standard InChI is InChI=1S/C21H27N3O2/c1-26-20-9-5-8-19(16-20)22-11-10-21(25)24-14-12-23(13-15-24)17-18-6-3-2-4-7-18/h2-9,16,22H,10-15,17H2,1H3. The number of carbonyl (C=O) groups is 1. The van der Waals surface area contributed by atoms with E-state index in [2.05, 4.69) is 34.5 Å². The molecule has 0 radical (unpaired) electrons. The molecule has 5 heteroatoms. The molecule has 0 bridgehead atoms. The first-order chi connectivity index (χ1) is 12.7. The van der Waals surface area contributed by atoms with Crippen molar-refractivity contribution in [3.05, 3.63) is 60.2 Å². The van der Waals surface area contributed by atoms with Gasteiger partial charge in [-0.1, -0.05) is 36.4 Å². The molecule has 1 aliphatic heterocycles. The Hall–Kier alpha value is -2.53. The minimum atomic E-state index is 0.222. The average molecular weight is 353 g/mol. The molecule has 0 aliphatic carbocycles. The van der Waals surface area contributed by atoms with E-state index in [9.17, 15) is 4.79 Å². The van der Waals surface area contributed by atoms with Crippen molar-refractivity contribution in [2.45, 2.75) is 13.0 Å². The summed E-state index contributed by atoms with van der Waals surface area (Å²) in [5.41, 5.74) is 2.31. The highest BCUT2D eigenvalue weighted by Crippen LogP contribution is 2.16. The first kappa shape index (κ1) is 18.3. The lowest BCUT2D eigenvalue weighted by Crippen LogP contribution is -2.48. The van der Waals surface area contributed by atoms with Crippen molar-refractivity contribution in [2.24, 2.45) is 0 Å². The van der Waals surface area contributed by atoms with Crippen molar-refractivity contribution in [3.8, 4) is 5.75 Å². The Morgan fingerprint density at radius 2 is 1.81 bits per heavy atom. The van der Waals surface area contributed by atoms with Crippen LogP contribution < -0.4 is 10.1 Å². The van der Waals surface area contributed by atoms with Gasteiger partial charge in [0.25, 0.3) is 0 Å². The third kappa shape index (κ3) is 5.23. The number of carbonyl (C=O) groups excluding carboxylic acids is 1. The first-order valence-corrected chi connectivity index (χ1v) is 9.16. The Balaban J connectivity index is 1.38. The van der Waals surface area contributed by atoms with Gasteiger partial charge < -0.3 is 15.0 Å². The zero-order chi connectivity index (χ0) is 18.2. The highest BCUT2D eigenvalue weighted by atomic mass is 16.5. The van der Waals surface area contributed by atoms with Crippen molar-refractivity contribution < 1.29 is 9.53 Å². The monoisotopic (exact) mass is 353 g/mol. The summed E-state index contributed by atoms with van der Waals surface area (Å²) in [6.45, 7) is 5.08. The van der Waals surface area contributed by atoms with E-state index in [0.29, 0.717) is 13.0 Å². The fourth-order valence-electron chi connectivity index (χ4n) is 3.20. The van der Waals surface area contributed by atoms with E-state index in [0.717, 1.165) is 44.2 Å². The first-order valence-electron chi connectivity index (χ1n) is 9.16. The van der Waals surface area contributed by atoms with Crippen LogP contribution in [0.25, 0.3) is 0 Å². The van der Waals surface area contributed by atoms with Crippen LogP contribution in [0, 0.1) is 0 Å². The predicted molar refractivity (Wildman–Crippen MR) is 104 cm³/mol. The lowest BCUT2D eigenvalue weighted by atomic mass is 10.2. The third-order valence-corrected chi connectivity index (χ3v) is 4.71. The van der Waals surface area contributed by atoms with Crippen LogP contribution >= 0.6 is 0 Å². The molecule has 1 aliphatic rings. The number of anilines is 1. The van der Waals surface area contributed by atoms with Gasteiger partial charge in [-0.15, -0.1) is 0 Å². The molecular weight excluding hydrogens is 326 g/mol. The van der Waals surface area contributed by atoms with Crippen LogP contribution in [-0.4, -0.2) is 55.5 Å². The van der Waals surface area contributed by atoms with E-state index >= 15 is 0 Å². The van der Waals surface area contributed by atoms with Crippen molar-refractivity contribution >= 4 is 11.6 Å². The lowest BCUT2D eigenvalue weighted by molar-refractivity contribution is -0.132. The third-order valence-electron chi connectivity index (χ3n) is 4.71. The van der Waals surface area contributed by atoms with Gasteiger partial charge in [-0.3, -0.25) is 9.69 Å². The van der Waals surface area contributed by atoms with E-state index < -0.39 is 0 Å². The molecule has 1 amide bonds. The second kappa shape index (κ2) is 9.25. The molecule has 26 heavy (non-hydrogen) atoms. The van der Waals surface area contributed by atoms with Gasteiger partial charge in [0, 0.05) is 57.4 Å². The minimum Gasteiger partial charge on any atom is -0.497 e. The fourth-order valence-corrected chi connectivity index (χ4v) is 3.20. The molecule has 1 N–H and O–H groups in total. The summed E-state index contributed by atoms with van der Waals surface area (Å²) in [6.07, 6.45) is 0.510. The molecule has 1 heterocycles. The topological polar surface area (TPSA) is 44.8 Å². The van der Waals surface area contributed by atoms with Crippen molar-refractivity contribution in [1.82, 2.24) is 9.80 Å². The van der Waals surface area contributed by atoms with Gasteiger partial charge in [0.15, 0.2) is 0 Å². The zero-order valence-corrected chi connectivity index (χ0v) is 15.4. The van der Waals surface area contributed by atoms with Crippen LogP contribution in [0.4, 0.5) is 5.69 Å². The number of benzene rings is 2. The van der Waals surface area contributed by atoms with Crippen LogP contribution in [0.3, 0.4) is 0 Å². The number of nitrogens with one attached hydrogen (secondary N) is 1. The average Bonchev–Trinajstić information content (AvgIpc) is 2.69. The normalized spacial score (nSPS) is 14.9. The summed E-state index contributed by atoms with van der Waals surface area (Å²) < 4.78 is 5.21. The Bertz CT molecular complexity index is 697. The molecule has 2 aromatic rings. The summed E-state index contributed by atoms with van der Waals surface area (Å²) in [5, 5.41) is 3.29. The summed E-state index contributed by atoms with van der Waals surface area (Å²) in [7, 11) is 1.65. The molecule has 0 aromatic heterocycles. The number of hydrogen-bond donors (Lipinski definition) is 1. The van der Waals surface area contributed by atoms with Gasteiger partial charge >= 0.3 is 0 Å². The maximum Gasteiger partial charge on any atom is 0.224 e. The van der Waals surface area contributed by atoms with Gasteiger partial charge in [0.2, 0.25) is 5.91 Å².